The highest BCUT2D eigenvalue weighted by atomic mass is 79.9. The van der Waals surface area contributed by atoms with Crippen LogP contribution in [0.1, 0.15) is 21.5 Å². The van der Waals surface area contributed by atoms with Crippen molar-refractivity contribution in [2.75, 3.05) is 14.2 Å². The first-order chi connectivity index (χ1) is 11.5. The van der Waals surface area contributed by atoms with Gasteiger partial charge >= 0.3 is 5.97 Å². The fourth-order valence-corrected chi connectivity index (χ4v) is 2.78. The van der Waals surface area contributed by atoms with Crippen molar-refractivity contribution in [3.8, 4) is 17.6 Å². The number of hydrogen-bond donors (Lipinski definition) is 1. The molecule has 5 nitrogen and oxygen atoms in total. The fourth-order valence-electron chi connectivity index (χ4n) is 2.16. The minimum atomic E-state index is -1.01. The van der Waals surface area contributed by atoms with E-state index in [1.165, 1.54) is 19.2 Å². The standard InChI is InChI=1S/C18H14BrNO4/c1-23-16-9-11(8-15(19)17(16)24-2)7-14(10-20)12-3-5-13(6-4-12)18(21)22/h3-9H,1-2H3,(H,21,22)/b14-7+. The van der Waals surface area contributed by atoms with Crippen molar-refractivity contribution in [2.24, 2.45) is 0 Å². The maximum atomic E-state index is 10.9. The van der Waals surface area contributed by atoms with Gasteiger partial charge in [0.2, 0.25) is 0 Å². The van der Waals surface area contributed by atoms with E-state index in [-0.39, 0.29) is 5.56 Å². The molecule has 2 aromatic carbocycles. The minimum Gasteiger partial charge on any atom is -0.493 e. The zero-order valence-electron chi connectivity index (χ0n) is 13.0. The summed E-state index contributed by atoms with van der Waals surface area (Å²) >= 11 is 3.41. The average molecular weight is 388 g/mol. The van der Waals surface area contributed by atoms with Crippen molar-refractivity contribution in [1.29, 1.82) is 5.26 Å². The molecule has 0 aromatic heterocycles. The molecule has 0 bridgehead atoms. The van der Waals surface area contributed by atoms with Crippen LogP contribution in [-0.2, 0) is 0 Å². The third-order valence-corrected chi connectivity index (χ3v) is 3.92. The van der Waals surface area contributed by atoms with Gasteiger partial charge in [-0.25, -0.2) is 4.79 Å². The van der Waals surface area contributed by atoms with Gasteiger partial charge in [-0.2, -0.15) is 5.26 Å². The Kier molecular flexibility index (Phi) is 5.61. The molecule has 0 aliphatic heterocycles. The highest BCUT2D eigenvalue weighted by Crippen LogP contribution is 2.37. The van der Waals surface area contributed by atoms with E-state index in [1.807, 2.05) is 6.07 Å². The first-order valence-electron chi connectivity index (χ1n) is 6.87. The molecule has 0 unspecified atom stereocenters. The number of allylic oxidation sites excluding steroid dienone is 1. The largest absolute Gasteiger partial charge is 0.493 e. The summed E-state index contributed by atoms with van der Waals surface area (Å²) in [5, 5.41) is 18.3. The van der Waals surface area contributed by atoms with Gasteiger partial charge in [-0.15, -0.1) is 0 Å². The number of benzene rings is 2. The zero-order chi connectivity index (χ0) is 17.7. The van der Waals surface area contributed by atoms with Crippen molar-refractivity contribution in [2.45, 2.75) is 0 Å². The van der Waals surface area contributed by atoms with E-state index in [1.54, 1.807) is 31.4 Å². The van der Waals surface area contributed by atoms with Crippen LogP contribution < -0.4 is 9.47 Å². The number of ether oxygens (including phenoxy) is 2. The van der Waals surface area contributed by atoms with Crippen molar-refractivity contribution in [3.63, 3.8) is 0 Å². The lowest BCUT2D eigenvalue weighted by Gasteiger charge is -2.10. The normalized spacial score (nSPS) is 10.8. The van der Waals surface area contributed by atoms with Crippen molar-refractivity contribution in [1.82, 2.24) is 0 Å². The van der Waals surface area contributed by atoms with Crippen LogP contribution in [0.2, 0.25) is 0 Å². The average Bonchev–Trinajstić information content (AvgIpc) is 2.59. The number of rotatable bonds is 5. The third kappa shape index (κ3) is 3.76. The molecular weight excluding hydrogens is 374 g/mol. The molecule has 0 aliphatic carbocycles. The van der Waals surface area contributed by atoms with Crippen molar-refractivity contribution in [3.05, 3.63) is 57.6 Å². The smallest absolute Gasteiger partial charge is 0.335 e. The lowest BCUT2D eigenvalue weighted by molar-refractivity contribution is 0.0697. The second-order valence-corrected chi connectivity index (χ2v) is 5.64. The van der Waals surface area contributed by atoms with E-state index in [0.29, 0.717) is 27.1 Å². The van der Waals surface area contributed by atoms with Crippen LogP contribution in [0.5, 0.6) is 11.5 Å². The van der Waals surface area contributed by atoms with Crippen LogP contribution >= 0.6 is 15.9 Å². The Morgan fingerprint density at radius 1 is 1.17 bits per heavy atom. The number of methoxy groups -OCH3 is 2. The summed E-state index contributed by atoms with van der Waals surface area (Å²) in [6.07, 6.45) is 1.70. The molecule has 1 N–H and O–H groups in total. The molecule has 0 amide bonds. The highest BCUT2D eigenvalue weighted by Gasteiger charge is 2.11. The van der Waals surface area contributed by atoms with Crippen LogP contribution in [-0.4, -0.2) is 25.3 Å². The summed E-state index contributed by atoms with van der Waals surface area (Å²) in [5.41, 5.74) is 1.96. The molecule has 0 aliphatic rings. The van der Waals surface area contributed by atoms with Gasteiger partial charge in [0.1, 0.15) is 0 Å². The molecule has 0 radical (unpaired) electrons. The summed E-state index contributed by atoms with van der Waals surface area (Å²) in [5.74, 6) is 0.100. The summed E-state index contributed by atoms with van der Waals surface area (Å²) in [6, 6.07) is 11.8. The van der Waals surface area contributed by atoms with Crippen LogP contribution in [0.15, 0.2) is 40.9 Å². The van der Waals surface area contributed by atoms with E-state index in [9.17, 15) is 10.1 Å². The fraction of sp³-hybridized carbons (Fsp3) is 0.111. The Morgan fingerprint density at radius 2 is 1.79 bits per heavy atom. The summed E-state index contributed by atoms with van der Waals surface area (Å²) in [6.45, 7) is 0. The van der Waals surface area contributed by atoms with Crippen LogP contribution in [0.4, 0.5) is 0 Å². The molecular formula is C18H14BrNO4. The molecule has 0 saturated carbocycles. The van der Waals surface area contributed by atoms with E-state index < -0.39 is 5.97 Å². The van der Waals surface area contributed by atoms with Gasteiger partial charge in [0, 0.05) is 0 Å². The Balaban J connectivity index is 2.46. The lowest BCUT2D eigenvalue weighted by Crippen LogP contribution is -1.95. The number of nitriles is 1. The molecule has 6 heteroatoms. The number of hydrogen-bond acceptors (Lipinski definition) is 4. The first-order valence-corrected chi connectivity index (χ1v) is 7.66. The van der Waals surface area contributed by atoms with E-state index in [4.69, 9.17) is 14.6 Å². The van der Waals surface area contributed by atoms with Gasteiger partial charge in [0.25, 0.3) is 0 Å². The van der Waals surface area contributed by atoms with Gasteiger partial charge in [-0.05, 0) is 57.4 Å². The predicted octanol–water partition coefficient (Wildman–Crippen LogP) is 4.23. The number of nitrogens with zero attached hydrogens (tertiary/aromatic N) is 1. The SMILES string of the molecule is COc1cc(/C=C(\C#N)c2ccc(C(=O)O)cc2)cc(Br)c1OC. The van der Waals surface area contributed by atoms with E-state index in [0.717, 1.165) is 5.56 Å². The Morgan fingerprint density at radius 3 is 2.29 bits per heavy atom. The second-order valence-electron chi connectivity index (χ2n) is 4.79. The molecule has 0 atom stereocenters. The second kappa shape index (κ2) is 7.66. The quantitative estimate of drug-likeness (QED) is 0.613. The summed E-state index contributed by atoms with van der Waals surface area (Å²) in [7, 11) is 3.08. The Bertz CT molecular complexity index is 835. The van der Waals surface area contributed by atoms with Gasteiger partial charge in [0.15, 0.2) is 11.5 Å². The third-order valence-electron chi connectivity index (χ3n) is 3.33. The Hall–Kier alpha value is -2.78. The van der Waals surface area contributed by atoms with Crippen LogP contribution in [0.25, 0.3) is 11.6 Å². The van der Waals surface area contributed by atoms with Crippen LogP contribution in [0.3, 0.4) is 0 Å². The zero-order valence-corrected chi connectivity index (χ0v) is 14.6. The molecule has 24 heavy (non-hydrogen) atoms. The summed E-state index contributed by atoms with van der Waals surface area (Å²) in [4.78, 5) is 10.9. The molecule has 0 fully saturated rings. The minimum absolute atomic E-state index is 0.171. The molecule has 0 heterocycles. The molecule has 122 valence electrons. The monoisotopic (exact) mass is 387 g/mol. The van der Waals surface area contributed by atoms with Crippen molar-refractivity contribution >= 4 is 33.5 Å². The number of carbonyl (C=O) groups is 1. The van der Waals surface area contributed by atoms with Gasteiger partial charge in [0.05, 0.1) is 35.9 Å². The van der Waals surface area contributed by atoms with E-state index in [2.05, 4.69) is 22.0 Å². The number of carboxylic acids is 1. The molecule has 2 rings (SSSR count). The van der Waals surface area contributed by atoms with Crippen LogP contribution in [0, 0.1) is 11.3 Å². The Labute approximate surface area is 147 Å². The lowest BCUT2D eigenvalue weighted by atomic mass is 10.0. The van der Waals surface area contributed by atoms with Crippen molar-refractivity contribution < 1.29 is 19.4 Å². The maximum absolute atomic E-state index is 10.9. The van der Waals surface area contributed by atoms with Gasteiger partial charge in [-0.1, -0.05) is 12.1 Å². The highest BCUT2D eigenvalue weighted by molar-refractivity contribution is 9.10. The van der Waals surface area contributed by atoms with E-state index >= 15 is 0 Å². The number of halogens is 1. The summed E-state index contributed by atoms with van der Waals surface area (Å²) < 4.78 is 11.3. The molecule has 0 spiro atoms. The predicted molar refractivity (Wildman–Crippen MR) is 94.1 cm³/mol. The maximum Gasteiger partial charge on any atom is 0.335 e. The van der Waals surface area contributed by atoms with Gasteiger partial charge < -0.3 is 14.6 Å². The topological polar surface area (TPSA) is 79.5 Å². The number of aromatic carboxylic acids is 1. The first kappa shape index (κ1) is 17.6. The molecule has 2 aromatic rings. The molecule has 0 saturated heterocycles. The van der Waals surface area contributed by atoms with Gasteiger partial charge in [-0.3, -0.25) is 0 Å². The number of carboxylic acid groups (broad SMARTS) is 1.